The van der Waals surface area contributed by atoms with Crippen LogP contribution in [0.1, 0.15) is 31.3 Å². The van der Waals surface area contributed by atoms with Crippen LogP contribution in [0.25, 0.3) is 10.6 Å². The van der Waals surface area contributed by atoms with Gasteiger partial charge in [-0.25, -0.2) is 9.37 Å². The van der Waals surface area contributed by atoms with Gasteiger partial charge in [-0.2, -0.15) is 5.26 Å². The van der Waals surface area contributed by atoms with Crippen molar-refractivity contribution in [3.05, 3.63) is 34.8 Å². The summed E-state index contributed by atoms with van der Waals surface area (Å²) in [6.07, 6.45) is 2.70. The molecule has 2 aromatic heterocycles. The summed E-state index contributed by atoms with van der Waals surface area (Å²) in [6, 6.07) is 3.47. The number of nitriles is 1. The Labute approximate surface area is 109 Å². The first-order valence-corrected chi connectivity index (χ1v) is 6.26. The van der Waals surface area contributed by atoms with Gasteiger partial charge in [0.05, 0.1) is 6.20 Å². The summed E-state index contributed by atoms with van der Waals surface area (Å²) in [5.41, 5.74) is 0.862. The molecule has 0 saturated heterocycles. The van der Waals surface area contributed by atoms with Crippen LogP contribution < -0.4 is 0 Å². The summed E-state index contributed by atoms with van der Waals surface area (Å²) in [5.74, 6) is -0.404. The Kier molecular flexibility index (Phi) is 3.14. The van der Waals surface area contributed by atoms with Crippen LogP contribution in [0.2, 0.25) is 0 Å². The first-order chi connectivity index (χ1) is 8.41. The number of aromatic nitrogens is 2. The molecule has 0 atom stereocenters. The molecule has 0 radical (unpaired) electrons. The third-order valence-electron chi connectivity index (χ3n) is 2.37. The van der Waals surface area contributed by atoms with E-state index in [2.05, 4.69) is 16.0 Å². The van der Waals surface area contributed by atoms with Gasteiger partial charge in [0.2, 0.25) is 0 Å². The number of rotatable bonds is 1. The van der Waals surface area contributed by atoms with Crippen LogP contribution in [0.3, 0.4) is 0 Å². The Morgan fingerprint density at radius 1 is 1.33 bits per heavy atom. The van der Waals surface area contributed by atoms with Crippen LogP contribution in [0.4, 0.5) is 4.39 Å². The van der Waals surface area contributed by atoms with E-state index in [-0.39, 0.29) is 5.41 Å². The number of nitrogens with zero attached hydrogens (tertiary/aromatic N) is 3. The third kappa shape index (κ3) is 2.39. The molecule has 0 aliphatic heterocycles. The maximum atomic E-state index is 13.1. The molecular weight excluding hydrogens is 249 g/mol. The van der Waals surface area contributed by atoms with Crippen LogP contribution in [-0.4, -0.2) is 9.97 Å². The van der Waals surface area contributed by atoms with Crippen LogP contribution in [0.5, 0.6) is 0 Å². The molecule has 18 heavy (non-hydrogen) atoms. The van der Waals surface area contributed by atoms with Gasteiger partial charge in [-0.3, -0.25) is 4.98 Å². The molecular formula is C13H12FN3S. The highest BCUT2D eigenvalue weighted by Gasteiger charge is 2.23. The molecule has 92 valence electrons. The summed E-state index contributed by atoms with van der Waals surface area (Å²) >= 11 is 1.41. The van der Waals surface area contributed by atoms with Crippen molar-refractivity contribution in [2.75, 3.05) is 0 Å². The molecule has 5 heteroatoms. The van der Waals surface area contributed by atoms with Crippen molar-refractivity contribution in [3.63, 3.8) is 0 Å². The first-order valence-electron chi connectivity index (χ1n) is 5.44. The van der Waals surface area contributed by atoms with Gasteiger partial charge in [0.25, 0.3) is 0 Å². The van der Waals surface area contributed by atoms with E-state index in [1.807, 2.05) is 20.8 Å². The second-order valence-electron chi connectivity index (χ2n) is 4.95. The van der Waals surface area contributed by atoms with Crippen molar-refractivity contribution in [1.29, 1.82) is 5.26 Å². The van der Waals surface area contributed by atoms with E-state index in [4.69, 9.17) is 5.26 Å². The SMILES string of the molecule is CC(C)(C)c1sc(-c2cncc(F)c2)nc1C#N. The molecule has 0 unspecified atom stereocenters. The standard InChI is InChI=1S/C13H12FN3S/c1-13(2,3)11-10(5-15)17-12(18-11)8-4-9(14)7-16-6-8/h4,6-7H,1-3H3. The van der Waals surface area contributed by atoms with E-state index in [9.17, 15) is 4.39 Å². The lowest BCUT2D eigenvalue weighted by Gasteiger charge is -2.15. The summed E-state index contributed by atoms with van der Waals surface area (Å²) in [5, 5.41) is 9.73. The maximum absolute atomic E-state index is 13.1. The van der Waals surface area contributed by atoms with E-state index < -0.39 is 5.82 Å². The van der Waals surface area contributed by atoms with Crippen molar-refractivity contribution in [2.45, 2.75) is 26.2 Å². The number of pyridine rings is 1. The molecule has 2 aromatic rings. The molecule has 0 bridgehead atoms. The van der Waals surface area contributed by atoms with Crippen molar-refractivity contribution < 1.29 is 4.39 Å². The fourth-order valence-electron chi connectivity index (χ4n) is 1.56. The Balaban J connectivity index is 2.55. The van der Waals surface area contributed by atoms with E-state index in [1.165, 1.54) is 17.4 Å². The second kappa shape index (κ2) is 4.46. The average Bonchev–Trinajstić information content (AvgIpc) is 2.72. The molecule has 0 amide bonds. The topological polar surface area (TPSA) is 49.6 Å². The Bertz CT molecular complexity index is 620. The first kappa shape index (κ1) is 12.7. The highest BCUT2D eigenvalue weighted by atomic mass is 32.1. The van der Waals surface area contributed by atoms with Crippen LogP contribution in [0, 0.1) is 17.1 Å². The van der Waals surface area contributed by atoms with Crippen molar-refractivity contribution in [2.24, 2.45) is 0 Å². The zero-order valence-electron chi connectivity index (χ0n) is 10.4. The normalized spacial score (nSPS) is 11.3. The predicted molar refractivity (Wildman–Crippen MR) is 68.7 cm³/mol. The summed E-state index contributed by atoms with van der Waals surface area (Å²) in [7, 11) is 0. The van der Waals surface area contributed by atoms with Crippen molar-refractivity contribution in [1.82, 2.24) is 9.97 Å². The van der Waals surface area contributed by atoms with E-state index in [1.54, 1.807) is 6.20 Å². The lowest BCUT2D eigenvalue weighted by atomic mass is 9.93. The monoisotopic (exact) mass is 261 g/mol. The molecule has 3 nitrogen and oxygen atoms in total. The van der Waals surface area contributed by atoms with E-state index in [0.717, 1.165) is 11.1 Å². The molecule has 0 aliphatic rings. The molecule has 0 N–H and O–H groups in total. The Morgan fingerprint density at radius 3 is 2.56 bits per heavy atom. The number of thiazole rings is 1. The number of hydrogen-bond acceptors (Lipinski definition) is 4. The number of hydrogen-bond donors (Lipinski definition) is 0. The van der Waals surface area contributed by atoms with E-state index in [0.29, 0.717) is 16.3 Å². The van der Waals surface area contributed by atoms with Gasteiger partial charge in [0.15, 0.2) is 5.69 Å². The lowest BCUT2D eigenvalue weighted by molar-refractivity contribution is 0.600. The fourth-order valence-corrected chi connectivity index (χ4v) is 2.61. The van der Waals surface area contributed by atoms with Crippen molar-refractivity contribution >= 4 is 11.3 Å². The third-order valence-corrected chi connectivity index (χ3v) is 3.90. The Morgan fingerprint density at radius 2 is 2.06 bits per heavy atom. The minimum atomic E-state index is -0.404. The second-order valence-corrected chi connectivity index (χ2v) is 5.95. The van der Waals surface area contributed by atoms with Gasteiger partial charge < -0.3 is 0 Å². The smallest absolute Gasteiger partial charge is 0.155 e. The molecule has 0 aliphatic carbocycles. The van der Waals surface area contributed by atoms with Gasteiger partial charge in [0.1, 0.15) is 16.9 Å². The zero-order chi connectivity index (χ0) is 13.3. The predicted octanol–water partition coefficient (Wildman–Crippen LogP) is 3.51. The average molecular weight is 261 g/mol. The quantitative estimate of drug-likeness (QED) is 0.789. The molecule has 0 aromatic carbocycles. The minimum absolute atomic E-state index is 0.151. The highest BCUT2D eigenvalue weighted by Crippen LogP contribution is 2.35. The molecule has 0 saturated carbocycles. The molecule has 2 heterocycles. The van der Waals surface area contributed by atoms with Gasteiger partial charge in [0, 0.05) is 16.6 Å². The largest absolute Gasteiger partial charge is 0.261 e. The Hall–Kier alpha value is -1.80. The van der Waals surface area contributed by atoms with Gasteiger partial charge in [-0.15, -0.1) is 11.3 Å². The van der Waals surface area contributed by atoms with Gasteiger partial charge >= 0.3 is 0 Å². The summed E-state index contributed by atoms with van der Waals surface area (Å²) in [6.45, 7) is 6.07. The van der Waals surface area contributed by atoms with Crippen molar-refractivity contribution in [3.8, 4) is 16.6 Å². The maximum Gasteiger partial charge on any atom is 0.155 e. The number of halogens is 1. The van der Waals surface area contributed by atoms with Crippen LogP contribution in [0.15, 0.2) is 18.5 Å². The fraction of sp³-hybridized carbons (Fsp3) is 0.308. The summed E-state index contributed by atoms with van der Waals surface area (Å²) < 4.78 is 13.1. The molecule has 0 fully saturated rings. The summed E-state index contributed by atoms with van der Waals surface area (Å²) in [4.78, 5) is 8.96. The van der Waals surface area contributed by atoms with Gasteiger partial charge in [-0.05, 0) is 11.5 Å². The highest BCUT2D eigenvalue weighted by molar-refractivity contribution is 7.15. The minimum Gasteiger partial charge on any atom is -0.261 e. The molecule has 2 rings (SSSR count). The van der Waals surface area contributed by atoms with E-state index >= 15 is 0 Å². The zero-order valence-corrected chi connectivity index (χ0v) is 11.2. The van der Waals surface area contributed by atoms with Crippen LogP contribution in [-0.2, 0) is 5.41 Å². The lowest BCUT2D eigenvalue weighted by Crippen LogP contribution is -2.10. The van der Waals surface area contributed by atoms with Gasteiger partial charge in [-0.1, -0.05) is 20.8 Å². The van der Waals surface area contributed by atoms with Crippen LogP contribution >= 0.6 is 11.3 Å². The molecule has 0 spiro atoms.